The van der Waals surface area contributed by atoms with E-state index in [1.165, 1.54) is 12.8 Å². The van der Waals surface area contributed by atoms with Crippen LogP contribution < -0.4 is 0 Å². The Labute approximate surface area is 57.4 Å². The second kappa shape index (κ2) is 3.02. The van der Waals surface area contributed by atoms with Crippen molar-refractivity contribution in [2.24, 2.45) is 0 Å². The Balaban J connectivity index is 2.43. The van der Waals surface area contributed by atoms with Crippen molar-refractivity contribution in [2.45, 2.75) is 25.8 Å². The first kappa shape index (κ1) is 6.81. The van der Waals surface area contributed by atoms with Crippen molar-refractivity contribution in [1.29, 1.82) is 0 Å². The van der Waals surface area contributed by atoms with Crippen molar-refractivity contribution in [2.75, 3.05) is 13.6 Å². The zero-order chi connectivity index (χ0) is 6.69. The summed E-state index contributed by atoms with van der Waals surface area (Å²) in [4.78, 5) is 2.40. The third kappa shape index (κ3) is 1.55. The van der Waals surface area contributed by atoms with E-state index in [1.807, 2.05) is 0 Å². The minimum atomic E-state index is 0.801. The molecule has 1 atom stereocenters. The molecule has 1 unspecified atom stereocenters. The van der Waals surface area contributed by atoms with Crippen LogP contribution in [-0.2, 0) is 0 Å². The van der Waals surface area contributed by atoms with Crippen LogP contribution in [0.4, 0.5) is 0 Å². The molecule has 0 spiro atoms. The molecule has 0 amide bonds. The predicted octanol–water partition coefficient (Wildman–Crippen LogP) is 1.66. The lowest BCUT2D eigenvalue weighted by Crippen LogP contribution is -2.33. The van der Waals surface area contributed by atoms with E-state index in [-0.39, 0.29) is 0 Å². The highest BCUT2D eigenvalue weighted by atomic mass is 15.1. The number of likely N-dealkylation sites (N-methyl/N-ethyl adjacent to an activating group) is 1. The summed E-state index contributed by atoms with van der Waals surface area (Å²) in [6.45, 7) is 3.39. The first-order valence-electron chi connectivity index (χ1n) is 3.70. The summed E-state index contributed by atoms with van der Waals surface area (Å²) in [5, 5.41) is 0. The van der Waals surface area contributed by atoms with Crippen LogP contribution >= 0.6 is 0 Å². The van der Waals surface area contributed by atoms with Crippen molar-refractivity contribution in [3.8, 4) is 0 Å². The molecular formula is C8H15N. The molecule has 0 N–H and O–H groups in total. The van der Waals surface area contributed by atoms with Crippen molar-refractivity contribution >= 4 is 0 Å². The van der Waals surface area contributed by atoms with Crippen molar-refractivity contribution in [1.82, 2.24) is 4.90 Å². The first-order chi connectivity index (χ1) is 4.34. The maximum absolute atomic E-state index is 2.40. The SMILES string of the molecule is CCC1CC=CCN1C. The molecule has 0 aromatic rings. The zero-order valence-corrected chi connectivity index (χ0v) is 6.30. The fraction of sp³-hybridized carbons (Fsp3) is 0.750. The molecule has 0 aliphatic carbocycles. The van der Waals surface area contributed by atoms with E-state index in [1.54, 1.807) is 0 Å². The summed E-state index contributed by atoms with van der Waals surface area (Å²) in [6.07, 6.45) is 7.05. The zero-order valence-electron chi connectivity index (χ0n) is 6.30. The average Bonchev–Trinajstić information content (AvgIpc) is 1.89. The van der Waals surface area contributed by atoms with E-state index in [2.05, 4.69) is 31.0 Å². The maximum Gasteiger partial charge on any atom is 0.0163 e. The van der Waals surface area contributed by atoms with E-state index < -0.39 is 0 Å². The van der Waals surface area contributed by atoms with E-state index >= 15 is 0 Å². The molecule has 0 saturated heterocycles. The van der Waals surface area contributed by atoms with Gasteiger partial charge in [-0.15, -0.1) is 0 Å². The fourth-order valence-electron chi connectivity index (χ4n) is 1.30. The van der Waals surface area contributed by atoms with E-state index in [9.17, 15) is 0 Å². The molecule has 1 heteroatoms. The highest BCUT2D eigenvalue weighted by Gasteiger charge is 2.11. The van der Waals surface area contributed by atoms with Gasteiger partial charge >= 0.3 is 0 Å². The highest BCUT2D eigenvalue weighted by molar-refractivity contribution is 4.94. The fourth-order valence-corrected chi connectivity index (χ4v) is 1.30. The lowest BCUT2D eigenvalue weighted by molar-refractivity contribution is 0.250. The Kier molecular flexibility index (Phi) is 2.29. The van der Waals surface area contributed by atoms with Crippen LogP contribution in [0, 0.1) is 0 Å². The molecule has 0 aromatic carbocycles. The molecule has 0 bridgehead atoms. The molecule has 1 rings (SSSR count). The molecule has 0 aromatic heterocycles. The van der Waals surface area contributed by atoms with E-state index in [0.29, 0.717) is 0 Å². The van der Waals surface area contributed by atoms with Gasteiger partial charge in [0.15, 0.2) is 0 Å². The van der Waals surface area contributed by atoms with Crippen LogP contribution in [0.1, 0.15) is 19.8 Å². The third-order valence-corrected chi connectivity index (χ3v) is 2.06. The maximum atomic E-state index is 2.40. The minimum absolute atomic E-state index is 0.801. The number of rotatable bonds is 1. The number of nitrogens with zero attached hydrogens (tertiary/aromatic N) is 1. The lowest BCUT2D eigenvalue weighted by Gasteiger charge is -2.27. The van der Waals surface area contributed by atoms with Crippen LogP contribution in [-0.4, -0.2) is 24.5 Å². The van der Waals surface area contributed by atoms with Crippen molar-refractivity contribution in [3.05, 3.63) is 12.2 Å². The van der Waals surface area contributed by atoms with Gasteiger partial charge in [0.2, 0.25) is 0 Å². The summed E-state index contributed by atoms with van der Waals surface area (Å²) in [7, 11) is 2.19. The molecule has 1 aliphatic heterocycles. The van der Waals surface area contributed by atoms with Gasteiger partial charge in [0.25, 0.3) is 0 Å². The quantitative estimate of drug-likeness (QED) is 0.482. The molecule has 1 aliphatic rings. The van der Waals surface area contributed by atoms with Crippen LogP contribution in [0.5, 0.6) is 0 Å². The van der Waals surface area contributed by atoms with Crippen molar-refractivity contribution in [3.63, 3.8) is 0 Å². The number of hydrogen-bond acceptors (Lipinski definition) is 1. The Bertz CT molecular complexity index is 107. The van der Waals surface area contributed by atoms with Gasteiger partial charge in [-0.2, -0.15) is 0 Å². The molecule has 0 saturated carbocycles. The molecule has 9 heavy (non-hydrogen) atoms. The third-order valence-electron chi connectivity index (χ3n) is 2.06. The topological polar surface area (TPSA) is 3.24 Å². The van der Waals surface area contributed by atoms with Gasteiger partial charge in [-0.25, -0.2) is 0 Å². The molecule has 52 valence electrons. The molecule has 0 radical (unpaired) electrons. The summed E-state index contributed by atoms with van der Waals surface area (Å²) in [5.41, 5.74) is 0. The van der Waals surface area contributed by atoms with Gasteiger partial charge in [0.05, 0.1) is 0 Å². The van der Waals surface area contributed by atoms with Gasteiger partial charge in [-0.1, -0.05) is 19.1 Å². The monoisotopic (exact) mass is 125 g/mol. The Hall–Kier alpha value is -0.300. The largest absolute Gasteiger partial charge is 0.299 e. The first-order valence-corrected chi connectivity index (χ1v) is 3.70. The van der Waals surface area contributed by atoms with Crippen LogP contribution in [0.3, 0.4) is 0 Å². The van der Waals surface area contributed by atoms with Gasteiger partial charge in [0, 0.05) is 12.6 Å². The molecular weight excluding hydrogens is 110 g/mol. The Morgan fingerprint density at radius 2 is 2.33 bits per heavy atom. The smallest absolute Gasteiger partial charge is 0.0163 e. The second-order valence-corrected chi connectivity index (χ2v) is 2.71. The summed E-state index contributed by atoms with van der Waals surface area (Å²) < 4.78 is 0. The second-order valence-electron chi connectivity index (χ2n) is 2.71. The van der Waals surface area contributed by atoms with E-state index in [4.69, 9.17) is 0 Å². The number of hydrogen-bond donors (Lipinski definition) is 0. The van der Waals surface area contributed by atoms with Crippen LogP contribution in [0.15, 0.2) is 12.2 Å². The summed E-state index contributed by atoms with van der Waals surface area (Å²) >= 11 is 0. The lowest BCUT2D eigenvalue weighted by atomic mass is 10.1. The van der Waals surface area contributed by atoms with Gasteiger partial charge in [-0.3, -0.25) is 4.90 Å². The van der Waals surface area contributed by atoms with Gasteiger partial charge in [-0.05, 0) is 19.9 Å². The van der Waals surface area contributed by atoms with Crippen LogP contribution in [0.2, 0.25) is 0 Å². The van der Waals surface area contributed by atoms with Crippen molar-refractivity contribution < 1.29 is 0 Å². The van der Waals surface area contributed by atoms with Gasteiger partial charge in [0.1, 0.15) is 0 Å². The molecule has 1 nitrogen and oxygen atoms in total. The highest BCUT2D eigenvalue weighted by Crippen LogP contribution is 2.10. The molecule has 0 fully saturated rings. The van der Waals surface area contributed by atoms with E-state index in [0.717, 1.165) is 12.6 Å². The molecule has 1 heterocycles. The summed E-state index contributed by atoms with van der Waals surface area (Å²) in [5.74, 6) is 0. The van der Waals surface area contributed by atoms with Gasteiger partial charge < -0.3 is 0 Å². The predicted molar refractivity (Wildman–Crippen MR) is 40.5 cm³/mol. The van der Waals surface area contributed by atoms with Crippen LogP contribution in [0.25, 0.3) is 0 Å². The summed E-state index contributed by atoms with van der Waals surface area (Å²) in [6, 6.07) is 0.801. The Morgan fingerprint density at radius 1 is 1.56 bits per heavy atom. The standard InChI is InChI=1S/C8H15N/c1-3-8-6-4-5-7-9(8)2/h4-5,8H,3,6-7H2,1-2H3. The Morgan fingerprint density at radius 3 is 2.78 bits per heavy atom. The normalized spacial score (nSPS) is 28.9. The average molecular weight is 125 g/mol. The minimum Gasteiger partial charge on any atom is -0.299 e.